The topological polar surface area (TPSA) is 189 Å². The van der Waals surface area contributed by atoms with Crippen LogP contribution in [0.1, 0.15) is 45.2 Å². The molecule has 276 valence electrons. The highest BCUT2D eigenvalue weighted by atomic mass is 16.8. The van der Waals surface area contributed by atoms with E-state index in [4.69, 9.17) is 33.2 Å². The largest absolute Gasteiger partial charge is 0.508 e. The minimum Gasteiger partial charge on any atom is -0.508 e. The van der Waals surface area contributed by atoms with Crippen LogP contribution in [0.4, 0.5) is 5.69 Å². The lowest BCUT2D eigenvalue weighted by molar-refractivity contribution is -0.288. The molecule has 2 amide bonds. The van der Waals surface area contributed by atoms with Crippen LogP contribution in [0.25, 0.3) is 0 Å². The number of nitrogens with zero attached hydrogens (tertiary/aromatic N) is 2. The Labute approximate surface area is 294 Å². The van der Waals surface area contributed by atoms with E-state index in [-0.39, 0.29) is 56.4 Å². The van der Waals surface area contributed by atoms with Gasteiger partial charge in [-0.15, -0.1) is 0 Å². The predicted molar refractivity (Wildman–Crippen MR) is 175 cm³/mol. The summed E-state index contributed by atoms with van der Waals surface area (Å²) < 4.78 is 43.4. The molecule has 0 aromatic heterocycles. The normalized spacial score (nSPS) is 27.1. The van der Waals surface area contributed by atoms with E-state index in [1.165, 1.54) is 6.92 Å². The van der Waals surface area contributed by atoms with Crippen LogP contribution in [-0.4, -0.2) is 112 Å². The molecule has 2 heterocycles. The molecule has 0 saturated carbocycles. The van der Waals surface area contributed by atoms with Gasteiger partial charge in [0.25, 0.3) is 11.7 Å². The maximum Gasteiger partial charge on any atom is 0.308 e. The summed E-state index contributed by atoms with van der Waals surface area (Å²) in [5.41, 5.74) is -0.786. The molecule has 1 aromatic rings. The summed E-state index contributed by atoms with van der Waals surface area (Å²) in [6.07, 6.45) is 0.395. The molecular formula is C35H43N3O13. The number of benzene rings is 1. The second kappa shape index (κ2) is 13.0. The lowest BCUT2D eigenvalue weighted by atomic mass is 9.55. The first-order valence-corrected chi connectivity index (χ1v) is 16.6. The van der Waals surface area contributed by atoms with Gasteiger partial charge in [-0.2, -0.15) is 0 Å². The fourth-order valence-corrected chi connectivity index (χ4v) is 8.67. The lowest BCUT2D eigenvalue weighted by Crippen LogP contribution is -2.74. The molecule has 16 nitrogen and oxygen atoms in total. The van der Waals surface area contributed by atoms with Crippen LogP contribution < -0.4 is 15.0 Å². The van der Waals surface area contributed by atoms with Crippen molar-refractivity contribution in [3.63, 3.8) is 0 Å². The van der Waals surface area contributed by atoms with Gasteiger partial charge in [0.05, 0.1) is 38.0 Å². The van der Waals surface area contributed by atoms with Crippen molar-refractivity contribution in [2.45, 2.75) is 63.8 Å². The molecule has 16 heteroatoms. The zero-order valence-electron chi connectivity index (χ0n) is 29.9. The third-order valence-electron chi connectivity index (χ3n) is 9.93. The Kier molecular flexibility index (Phi) is 9.29. The van der Waals surface area contributed by atoms with Crippen LogP contribution >= 0.6 is 0 Å². The number of hydrogen-bond donors (Lipinski definition) is 2. The van der Waals surface area contributed by atoms with Gasteiger partial charge in [0.1, 0.15) is 22.8 Å². The SMILES string of the molecule is CC(=O)NC(=O)C1=C(OC(C)=O)[C@@H](N(C)C)[C@@H]2C[C@@H]3Cc4c(N(C)C)ccc(OC(C)=O)c4C4(OCCO4)C3=C(O)[C@]2(OC(C)=O)C12OCCO2. The van der Waals surface area contributed by atoms with Crippen molar-refractivity contribution >= 4 is 35.4 Å². The van der Waals surface area contributed by atoms with Crippen LogP contribution in [0.5, 0.6) is 5.75 Å². The molecule has 2 spiro atoms. The molecule has 6 rings (SSSR count). The summed E-state index contributed by atoms with van der Waals surface area (Å²) in [5, 5.41) is 15.3. The number of aliphatic hydroxyl groups excluding tert-OH is 1. The molecule has 51 heavy (non-hydrogen) atoms. The second-order valence-electron chi connectivity index (χ2n) is 13.6. The van der Waals surface area contributed by atoms with E-state index < -0.39 is 76.1 Å². The van der Waals surface area contributed by atoms with Crippen molar-refractivity contribution in [3.8, 4) is 5.75 Å². The molecule has 4 atom stereocenters. The summed E-state index contributed by atoms with van der Waals surface area (Å²) in [6.45, 7) is 4.58. The van der Waals surface area contributed by atoms with E-state index in [1.54, 1.807) is 25.1 Å². The number of carbonyl (C=O) groups excluding carboxylic acids is 5. The number of rotatable bonds is 6. The maximum absolute atomic E-state index is 14.2. The standard InChI is InChI=1S/C35H43N3O13/c1-17(39)36-32(44)28-30(50-19(3)41)29(38(7)8)23-16-21-15-22-24(37(5)6)9-10-25(49-18(2)40)27(22)34(45-11-12-46-34)26(21)31(43)33(23,51-20(4)42)35(28)47-13-14-48-35/h9-10,21,23,29,43H,11-16H2,1-8H3,(H,36,39,44)/t21-,23-,29-,33-/m0/s1. The third-order valence-corrected chi connectivity index (χ3v) is 9.93. The van der Waals surface area contributed by atoms with E-state index in [0.29, 0.717) is 5.56 Å². The van der Waals surface area contributed by atoms with Crippen molar-refractivity contribution in [2.75, 3.05) is 59.5 Å². The molecule has 2 fully saturated rings. The first kappa shape index (κ1) is 36.4. The molecule has 2 aliphatic heterocycles. The average Bonchev–Trinajstić information content (AvgIpc) is 3.69. The first-order chi connectivity index (χ1) is 24.0. The van der Waals surface area contributed by atoms with Gasteiger partial charge >= 0.3 is 17.9 Å². The number of fused-ring (bicyclic) bond motifs is 6. The first-order valence-electron chi connectivity index (χ1n) is 16.6. The molecule has 2 N–H and O–H groups in total. The van der Waals surface area contributed by atoms with Gasteiger partial charge in [0.15, 0.2) is 0 Å². The Morgan fingerprint density at radius 3 is 2.00 bits per heavy atom. The fourth-order valence-electron chi connectivity index (χ4n) is 8.67. The fraction of sp³-hybridized carbons (Fsp3) is 0.571. The molecule has 1 aromatic carbocycles. The number of amides is 2. The molecule has 2 saturated heterocycles. The highest BCUT2D eigenvalue weighted by Gasteiger charge is 2.77. The number of ether oxygens (including phenoxy) is 7. The number of likely N-dealkylation sites (N-methyl/N-ethyl adjacent to an activating group) is 1. The van der Waals surface area contributed by atoms with Gasteiger partial charge < -0.3 is 43.2 Å². The van der Waals surface area contributed by atoms with Crippen molar-refractivity contribution < 1.29 is 62.2 Å². The highest BCUT2D eigenvalue weighted by molar-refractivity contribution is 6.06. The number of imide groups is 1. The van der Waals surface area contributed by atoms with Crippen LogP contribution in [-0.2, 0) is 64.6 Å². The lowest BCUT2D eigenvalue weighted by Gasteiger charge is -2.60. The smallest absolute Gasteiger partial charge is 0.308 e. The van der Waals surface area contributed by atoms with Gasteiger partial charge in [-0.25, -0.2) is 0 Å². The van der Waals surface area contributed by atoms with Crippen molar-refractivity contribution in [1.29, 1.82) is 0 Å². The van der Waals surface area contributed by atoms with Crippen molar-refractivity contribution in [1.82, 2.24) is 10.2 Å². The average molecular weight is 714 g/mol. The zero-order valence-corrected chi connectivity index (χ0v) is 29.9. The van der Waals surface area contributed by atoms with Gasteiger partial charge in [-0.1, -0.05) is 0 Å². The second-order valence-corrected chi connectivity index (χ2v) is 13.6. The maximum atomic E-state index is 14.2. The summed E-state index contributed by atoms with van der Waals surface area (Å²) in [6, 6.07) is 2.41. The third kappa shape index (κ3) is 5.42. The Bertz CT molecular complexity index is 1750. The van der Waals surface area contributed by atoms with Crippen LogP contribution in [0.2, 0.25) is 0 Å². The van der Waals surface area contributed by atoms with E-state index in [0.717, 1.165) is 32.0 Å². The van der Waals surface area contributed by atoms with Crippen molar-refractivity contribution in [2.24, 2.45) is 11.8 Å². The van der Waals surface area contributed by atoms with Crippen LogP contribution in [0.15, 0.2) is 34.8 Å². The number of nitrogens with one attached hydrogen (secondary N) is 1. The Hall–Kier alpha value is -4.35. The van der Waals surface area contributed by atoms with E-state index in [2.05, 4.69) is 5.32 Å². The summed E-state index contributed by atoms with van der Waals surface area (Å²) in [7, 11) is 7.08. The van der Waals surface area contributed by atoms with E-state index in [9.17, 15) is 29.1 Å². The van der Waals surface area contributed by atoms with Crippen molar-refractivity contribution in [3.05, 3.63) is 45.9 Å². The minimum atomic E-state index is -2.44. The molecule has 0 radical (unpaired) electrons. The highest BCUT2D eigenvalue weighted by Crippen LogP contribution is 2.65. The molecule has 3 aliphatic carbocycles. The molecule has 0 bridgehead atoms. The van der Waals surface area contributed by atoms with Gasteiger partial charge in [-0.3, -0.25) is 34.2 Å². The monoisotopic (exact) mass is 713 g/mol. The number of esters is 3. The van der Waals surface area contributed by atoms with Crippen LogP contribution in [0, 0.1) is 11.8 Å². The number of carbonyl (C=O) groups is 5. The quantitative estimate of drug-likeness (QED) is 0.317. The minimum absolute atomic E-state index is 0.0832. The Morgan fingerprint density at radius 1 is 0.863 bits per heavy atom. The number of anilines is 1. The Morgan fingerprint density at radius 2 is 1.47 bits per heavy atom. The molecule has 5 aliphatic rings. The zero-order chi connectivity index (χ0) is 37.2. The number of hydrogen-bond acceptors (Lipinski definition) is 15. The van der Waals surface area contributed by atoms with Crippen LogP contribution in [0.3, 0.4) is 0 Å². The van der Waals surface area contributed by atoms with Gasteiger partial charge in [-0.05, 0) is 50.6 Å². The van der Waals surface area contributed by atoms with E-state index in [1.807, 2.05) is 25.1 Å². The van der Waals surface area contributed by atoms with Gasteiger partial charge in [0.2, 0.25) is 17.3 Å². The Balaban J connectivity index is 1.76. The summed E-state index contributed by atoms with van der Waals surface area (Å²) >= 11 is 0. The number of aliphatic hydroxyl groups is 1. The van der Waals surface area contributed by atoms with E-state index >= 15 is 0 Å². The molecule has 0 unspecified atom stereocenters. The predicted octanol–water partition coefficient (Wildman–Crippen LogP) is 1.35. The molecular weight excluding hydrogens is 670 g/mol. The van der Waals surface area contributed by atoms with Gasteiger partial charge in [0, 0.05) is 59.0 Å². The summed E-state index contributed by atoms with van der Waals surface area (Å²) in [4.78, 5) is 68.6. The summed E-state index contributed by atoms with van der Waals surface area (Å²) in [5.74, 6) is -10.5.